The maximum Gasteiger partial charge on any atom is 0.318 e. The van der Waals surface area contributed by atoms with Gasteiger partial charge in [-0.1, -0.05) is 37.9 Å². The molecule has 0 aromatic heterocycles. The third-order valence-corrected chi connectivity index (χ3v) is 3.80. The third kappa shape index (κ3) is 7.24. The molecule has 168 valence electrons. The second-order valence-corrected chi connectivity index (χ2v) is 6.04. The van der Waals surface area contributed by atoms with Gasteiger partial charge in [-0.15, -0.1) is 0 Å². The monoisotopic (exact) mass is 451 g/mol. The number of nitrogens with zero attached hydrogens (tertiary/aromatic N) is 2. The summed E-state index contributed by atoms with van der Waals surface area (Å²) in [5.41, 5.74) is -1.85. The molecule has 1 heterocycles. The fraction of sp³-hybridized carbons (Fsp3) is 0.480. The van der Waals surface area contributed by atoms with Crippen molar-refractivity contribution in [2.24, 2.45) is 5.89 Å². The molecule has 2 aromatic carbocycles. The van der Waals surface area contributed by atoms with Crippen LogP contribution in [0.3, 0.4) is 0 Å². The molecule has 0 atom stereocenters. The number of hydrogen-bond acceptors (Lipinski definition) is 3. The lowest BCUT2D eigenvalue weighted by Crippen LogP contribution is -2.49. The largest absolute Gasteiger partial charge is 0.493 e. The van der Waals surface area contributed by atoms with E-state index >= 15 is 0 Å². The number of piperidine rings is 1. The van der Waals surface area contributed by atoms with Gasteiger partial charge in [0, 0.05) is 38.2 Å². The van der Waals surface area contributed by atoms with Gasteiger partial charge < -0.3 is 19.9 Å². The van der Waals surface area contributed by atoms with Crippen LogP contribution >= 0.6 is 0 Å². The Labute approximate surface area is 218 Å². The summed E-state index contributed by atoms with van der Waals surface area (Å²) in [6.45, 7) is -28.4. The van der Waals surface area contributed by atoms with Crippen molar-refractivity contribution in [2.45, 2.75) is 45.6 Å². The quantitative estimate of drug-likeness (QED) is 0.634. The van der Waals surface area contributed by atoms with E-state index in [2.05, 4.69) is 0 Å². The highest BCUT2D eigenvalue weighted by Gasteiger charge is 2.27. The molecule has 3 rings (SSSR count). The second kappa shape index (κ2) is 11.1. The van der Waals surface area contributed by atoms with Crippen molar-refractivity contribution >= 4 is 6.03 Å². The van der Waals surface area contributed by atoms with Crippen LogP contribution in [0.15, 0.2) is 48.4 Å². The van der Waals surface area contributed by atoms with Crippen LogP contribution in [0, 0.1) is 11.7 Å². The Balaban J connectivity index is 2.19. The van der Waals surface area contributed by atoms with Crippen molar-refractivity contribution < 1.29 is 46.8 Å². The molecule has 0 radical (unpaired) electrons. The van der Waals surface area contributed by atoms with Crippen LogP contribution in [0.2, 0.25) is 0 Å². The molecule has 0 spiro atoms. The number of carbonyl (C=O) groups excluding carboxylic acids is 1. The van der Waals surface area contributed by atoms with Crippen molar-refractivity contribution in [3.05, 3.63) is 65.4 Å². The minimum Gasteiger partial charge on any atom is -0.493 e. The summed E-state index contributed by atoms with van der Waals surface area (Å²) in [7, 11) is 0. The summed E-state index contributed by atoms with van der Waals surface area (Å²) < 4.78 is 213. The first kappa shape index (κ1) is 7.20. The number of benzene rings is 2. The first-order valence-corrected chi connectivity index (χ1v) is 8.77. The van der Waals surface area contributed by atoms with Crippen molar-refractivity contribution in [3.63, 3.8) is 0 Å². The number of ether oxygens (including phenoxy) is 1. The van der Waals surface area contributed by atoms with Crippen molar-refractivity contribution in [1.82, 2.24) is 15.1 Å². The lowest BCUT2D eigenvalue weighted by molar-refractivity contribution is 0.127. The molecule has 1 fully saturated rings. The molecule has 6 heteroatoms. The van der Waals surface area contributed by atoms with Gasteiger partial charge in [-0.25, -0.2) is 9.18 Å². The lowest BCUT2D eigenvalue weighted by Gasteiger charge is -2.37. The predicted molar refractivity (Wildman–Crippen MR) is 121 cm³/mol. The van der Waals surface area contributed by atoms with Crippen molar-refractivity contribution in [3.8, 4) is 5.75 Å². The zero-order valence-corrected chi connectivity index (χ0v) is 15.9. The molecule has 1 aliphatic heterocycles. The highest BCUT2D eigenvalue weighted by Crippen LogP contribution is 2.19. The van der Waals surface area contributed by atoms with Crippen molar-refractivity contribution in [1.29, 1.82) is 0 Å². The molecule has 0 aliphatic carbocycles. The summed E-state index contributed by atoms with van der Waals surface area (Å²) in [4.78, 5) is 14.1. The molecule has 5 nitrogen and oxygen atoms in total. The zero-order chi connectivity index (χ0) is 43.1. The van der Waals surface area contributed by atoms with E-state index in [0.29, 0.717) is 0 Å². The number of urea groups is 1. The fourth-order valence-corrected chi connectivity index (χ4v) is 2.37. The predicted octanol–water partition coefficient (Wildman–Crippen LogP) is 4.67. The van der Waals surface area contributed by atoms with E-state index < -0.39 is 131 Å². The van der Waals surface area contributed by atoms with E-state index in [1.807, 2.05) is 0 Å². The Hall–Kier alpha value is -2.60. The standard InChI is InChI=1S/C25H34FN3O2/c1-19(2)18-31-24-10-6-20(7-11-24)16-27-25(30)29(23-12-14-28(3)15-13-23)17-21-4-8-22(26)9-5-21/h4-11,19,23H,12-18H2,1-3H3,(H,27,30)/i1D3,2D3,3D3,6D,7D,10D,11D,14D2,15D2,16D2,17D2,18D2,19D. The van der Waals surface area contributed by atoms with E-state index in [1.54, 1.807) is 5.32 Å². The average Bonchev–Trinajstić information content (AvgIpc) is 2.94. The molecular weight excluding hydrogens is 393 g/mol. The van der Waals surface area contributed by atoms with Gasteiger partial charge in [0.05, 0.1) is 20.3 Å². The highest BCUT2D eigenvalue weighted by molar-refractivity contribution is 5.74. The van der Waals surface area contributed by atoms with Crippen LogP contribution in [0.5, 0.6) is 5.75 Å². The van der Waals surface area contributed by atoms with Gasteiger partial charge in [-0.05, 0) is 74.0 Å². The molecule has 0 saturated carbocycles. The first-order valence-electron chi connectivity index (χ1n) is 20.8. The number of carbonyl (C=O) groups is 1. The van der Waals surface area contributed by atoms with Gasteiger partial charge >= 0.3 is 6.03 Å². The van der Waals surface area contributed by atoms with Gasteiger partial charge in [-0.3, -0.25) is 0 Å². The second-order valence-electron chi connectivity index (χ2n) is 6.04. The summed E-state index contributed by atoms with van der Waals surface area (Å²) in [6.07, 6.45) is -2.19. The maximum absolute atomic E-state index is 14.0. The summed E-state index contributed by atoms with van der Waals surface area (Å²) in [6, 6.07) is -6.29. The number of hydrogen-bond donors (Lipinski definition) is 1. The molecule has 2 amide bonds. The molecule has 1 aliphatic rings. The fourth-order valence-electron chi connectivity index (χ4n) is 2.37. The summed E-state index contributed by atoms with van der Waals surface area (Å²) in [5, 5.41) is 1.66. The minimum absolute atomic E-state index is 0.0936. The number of halogens is 1. The SMILES string of the molecule is [2H]c1c([2H])c(C([2H])([2H])NC(=O)N(C2CC([2H])([2H])N(C([2H])([2H])[2H])C([2H])([2H])C2)C([2H])([2H])c2ccc(F)cc2)c([2H])c([2H])c1OC([2H])([2H])C([2H])(C([2H])([2H])[2H])C([2H])([2H])[2H]. The van der Waals surface area contributed by atoms with E-state index in [1.165, 1.54) is 0 Å². The minimum atomic E-state index is -4.10. The Morgan fingerprint density at radius 2 is 2.03 bits per heavy atom. The molecule has 2 aromatic rings. The van der Waals surface area contributed by atoms with E-state index in [4.69, 9.17) is 37.6 Å². The Bertz CT molecular complexity index is 1710. The first-order chi connectivity index (χ1) is 24.3. The van der Waals surface area contributed by atoms with Crippen LogP contribution in [-0.2, 0) is 13.0 Å². The summed E-state index contributed by atoms with van der Waals surface area (Å²) >= 11 is 0. The number of amides is 2. The molecule has 31 heavy (non-hydrogen) atoms. The number of nitrogens with one attached hydrogen (secondary N) is 1. The highest BCUT2D eigenvalue weighted by atomic mass is 19.1. The van der Waals surface area contributed by atoms with Gasteiger partial charge in [0.1, 0.15) is 11.6 Å². The van der Waals surface area contributed by atoms with Crippen molar-refractivity contribution in [2.75, 3.05) is 26.5 Å². The van der Waals surface area contributed by atoms with Crippen LogP contribution in [-0.4, -0.2) is 48.4 Å². The van der Waals surface area contributed by atoms with Crippen LogP contribution < -0.4 is 10.1 Å². The number of rotatable bonds is 8. The van der Waals surface area contributed by atoms with E-state index in [0.717, 1.165) is 24.3 Å². The van der Waals surface area contributed by atoms with Gasteiger partial charge in [0.15, 0.2) is 0 Å². The topological polar surface area (TPSA) is 44.8 Å². The van der Waals surface area contributed by atoms with Gasteiger partial charge in [0.2, 0.25) is 0 Å². The molecule has 1 saturated heterocycles. The molecule has 0 bridgehead atoms. The van der Waals surface area contributed by atoms with Gasteiger partial charge in [-0.2, -0.15) is 0 Å². The van der Waals surface area contributed by atoms with Crippen LogP contribution in [0.25, 0.3) is 0 Å². The number of likely N-dealkylation sites (tertiary alicyclic amines) is 1. The Morgan fingerprint density at radius 3 is 2.68 bits per heavy atom. The molecular formula is C25H34FN3O2. The smallest absolute Gasteiger partial charge is 0.318 e. The Morgan fingerprint density at radius 1 is 1.32 bits per heavy atom. The third-order valence-electron chi connectivity index (χ3n) is 3.80. The summed E-state index contributed by atoms with van der Waals surface area (Å²) in [5.74, 6) is -6.41. The zero-order valence-electron chi connectivity index (χ0n) is 39.9. The van der Waals surface area contributed by atoms with E-state index in [-0.39, 0.29) is 9.80 Å². The van der Waals surface area contributed by atoms with Crippen LogP contribution in [0.4, 0.5) is 9.18 Å². The van der Waals surface area contributed by atoms with E-state index in [9.17, 15) is 9.18 Å². The van der Waals surface area contributed by atoms with Gasteiger partial charge in [0.25, 0.3) is 0 Å². The van der Waals surface area contributed by atoms with Crippen LogP contribution in [0.1, 0.15) is 70.6 Å². The normalized spacial score (nSPS) is 32.7. The maximum atomic E-state index is 14.0. The average molecular weight is 452 g/mol. The molecule has 1 N–H and O–H groups in total. The Kier molecular flexibility index (Phi) is 2.59. The lowest BCUT2D eigenvalue weighted by atomic mass is 10.0. The molecule has 0 unspecified atom stereocenters.